The lowest BCUT2D eigenvalue weighted by atomic mass is 10.1. The van der Waals surface area contributed by atoms with Crippen molar-refractivity contribution < 1.29 is 9.18 Å². The number of anilines is 1. The van der Waals surface area contributed by atoms with Gasteiger partial charge in [0.1, 0.15) is 17.5 Å². The van der Waals surface area contributed by atoms with Crippen molar-refractivity contribution in [2.75, 3.05) is 31.1 Å². The molecule has 0 radical (unpaired) electrons. The molecule has 0 saturated carbocycles. The van der Waals surface area contributed by atoms with Crippen LogP contribution in [0.4, 0.5) is 10.2 Å². The number of aromatic nitrogens is 2. The van der Waals surface area contributed by atoms with Gasteiger partial charge < -0.3 is 9.80 Å². The predicted molar refractivity (Wildman–Crippen MR) is 86.0 cm³/mol. The Morgan fingerprint density at radius 2 is 1.78 bits per heavy atom. The number of rotatable bonds is 2. The third-order valence-corrected chi connectivity index (χ3v) is 3.95. The van der Waals surface area contributed by atoms with Crippen LogP contribution in [0, 0.1) is 19.7 Å². The molecular formula is C17H19FN4O. The van der Waals surface area contributed by atoms with Crippen LogP contribution in [0.1, 0.15) is 21.9 Å². The highest BCUT2D eigenvalue weighted by molar-refractivity contribution is 5.94. The Bertz CT molecular complexity index is 706. The maximum Gasteiger partial charge on any atom is 0.256 e. The van der Waals surface area contributed by atoms with E-state index in [9.17, 15) is 9.18 Å². The molecule has 23 heavy (non-hydrogen) atoms. The zero-order valence-electron chi connectivity index (χ0n) is 13.3. The zero-order valence-corrected chi connectivity index (χ0v) is 13.3. The molecule has 0 atom stereocenters. The molecule has 1 aromatic heterocycles. The summed E-state index contributed by atoms with van der Waals surface area (Å²) in [6.07, 6.45) is 0. The molecular weight excluding hydrogens is 295 g/mol. The molecule has 120 valence electrons. The average molecular weight is 314 g/mol. The Labute approximate surface area is 134 Å². The van der Waals surface area contributed by atoms with E-state index in [1.54, 1.807) is 17.0 Å². The number of nitrogens with zero attached hydrogens (tertiary/aromatic N) is 4. The Morgan fingerprint density at radius 3 is 2.43 bits per heavy atom. The van der Waals surface area contributed by atoms with Gasteiger partial charge in [0.15, 0.2) is 0 Å². The summed E-state index contributed by atoms with van der Waals surface area (Å²) in [7, 11) is 0. The van der Waals surface area contributed by atoms with Crippen LogP contribution in [-0.4, -0.2) is 47.0 Å². The fraction of sp³-hybridized carbons (Fsp3) is 0.353. The highest BCUT2D eigenvalue weighted by Crippen LogP contribution is 2.17. The fourth-order valence-electron chi connectivity index (χ4n) is 2.80. The molecule has 1 amide bonds. The largest absolute Gasteiger partial charge is 0.353 e. The molecule has 5 nitrogen and oxygen atoms in total. The number of carbonyl (C=O) groups is 1. The highest BCUT2D eigenvalue weighted by atomic mass is 19.1. The van der Waals surface area contributed by atoms with Crippen molar-refractivity contribution >= 4 is 11.7 Å². The van der Waals surface area contributed by atoms with Crippen molar-refractivity contribution in [3.8, 4) is 0 Å². The number of benzene rings is 1. The van der Waals surface area contributed by atoms with Crippen LogP contribution >= 0.6 is 0 Å². The van der Waals surface area contributed by atoms with Crippen molar-refractivity contribution in [2.24, 2.45) is 0 Å². The maximum atomic E-state index is 13.8. The predicted octanol–water partition coefficient (Wildman–Crippen LogP) is 2.19. The van der Waals surface area contributed by atoms with Crippen LogP contribution in [0.25, 0.3) is 0 Å². The average Bonchev–Trinajstić information content (AvgIpc) is 2.54. The van der Waals surface area contributed by atoms with E-state index in [1.807, 2.05) is 19.9 Å². The number of carbonyl (C=O) groups excluding carboxylic acids is 1. The van der Waals surface area contributed by atoms with Gasteiger partial charge in [-0.05, 0) is 26.0 Å². The minimum absolute atomic E-state index is 0.134. The van der Waals surface area contributed by atoms with E-state index in [0.29, 0.717) is 26.2 Å². The van der Waals surface area contributed by atoms with E-state index in [-0.39, 0.29) is 11.5 Å². The fourth-order valence-corrected chi connectivity index (χ4v) is 2.80. The van der Waals surface area contributed by atoms with Crippen LogP contribution in [0.3, 0.4) is 0 Å². The molecule has 1 aliphatic heterocycles. The number of piperazine rings is 1. The minimum Gasteiger partial charge on any atom is -0.353 e. The first-order chi connectivity index (χ1) is 11.0. The second-order valence-corrected chi connectivity index (χ2v) is 5.67. The second-order valence-electron chi connectivity index (χ2n) is 5.67. The van der Waals surface area contributed by atoms with Gasteiger partial charge in [0, 0.05) is 37.9 Å². The molecule has 2 heterocycles. The number of aryl methyl sites for hydroxylation is 2. The summed E-state index contributed by atoms with van der Waals surface area (Å²) in [6, 6.07) is 8.06. The molecule has 1 aromatic carbocycles. The topological polar surface area (TPSA) is 49.3 Å². The van der Waals surface area contributed by atoms with Crippen LogP contribution in [0.2, 0.25) is 0 Å². The molecule has 1 saturated heterocycles. The second kappa shape index (κ2) is 6.32. The van der Waals surface area contributed by atoms with Gasteiger partial charge in [-0.15, -0.1) is 0 Å². The normalized spacial score (nSPS) is 14.9. The maximum absolute atomic E-state index is 13.8. The summed E-state index contributed by atoms with van der Waals surface area (Å²) in [5, 5.41) is 0. The van der Waals surface area contributed by atoms with Crippen LogP contribution in [0.15, 0.2) is 30.3 Å². The summed E-state index contributed by atoms with van der Waals surface area (Å²) in [6.45, 7) is 6.27. The van der Waals surface area contributed by atoms with Gasteiger partial charge in [-0.1, -0.05) is 12.1 Å². The highest BCUT2D eigenvalue weighted by Gasteiger charge is 2.24. The number of halogens is 1. The molecule has 1 fully saturated rings. The lowest BCUT2D eigenvalue weighted by Crippen LogP contribution is -2.49. The third-order valence-electron chi connectivity index (χ3n) is 3.95. The minimum atomic E-state index is -0.470. The summed E-state index contributed by atoms with van der Waals surface area (Å²) < 4.78 is 13.8. The first kappa shape index (κ1) is 15.4. The van der Waals surface area contributed by atoms with Gasteiger partial charge in [-0.3, -0.25) is 4.79 Å². The van der Waals surface area contributed by atoms with Gasteiger partial charge in [0.05, 0.1) is 5.56 Å². The standard InChI is InChI=1S/C17H19FN4O/c1-12-11-16(20-13(2)19-12)21-7-9-22(10-8-21)17(23)14-5-3-4-6-15(14)18/h3-6,11H,7-10H2,1-2H3. The van der Waals surface area contributed by atoms with Crippen molar-refractivity contribution in [3.05, 3.63) is 53.2 Å². The Hall–Kier alpha value is -2.50. The summed E-state index contributed by atoms with van der Waals surface area (Å²) in [4.78, 5) is 25.0. The first-order valence-corrected chi connectivity index (χ1v) is 7.65. The van der Waals surface area contributed by atoms with Crippen LogP contribution in [-0.2, 0) is 0 Å². The summed E-state index contributed by atoms with van der Waals surface area (Å²) in [5.74, 6) is 0.901. The number of hydrogen-bond donors (Lipinski definition) is 0. The van der Waals surface area contributed by atoms with Crippen molar-refractivity contribution in [1.29, 1.82) is 0 Å². The van der Waals surface area contributed by atoms with Crippen molar-refractivity contribution in [1.82, 2.24) is 14.9 Å². The van der Waals surface area contributed by atoms with Gasteiger partial charge in [-0.2, -0.15) is 0 Å². The lowest BCUT2D eigenvalue weighted by Gasteiger charge is -2.35. The van der Waals surface area contributed by atoms with E-state index < -0.39 is 5.82 Å². The van der Waals surface area contributed by atoms with E-state index in [1.165, 1.54) is 12.1 Å². The van der Waals surface area contributed by atoms with Gasteiger partial charge in [-0.25, -0.2) is 14.4 Å². The molecule has 0 N–H and O–H groups in total. The SMILES string of the molecule is Cc1cc(N2CCN(C(=O)c3ccccc3F)CC2)nc(C)n1. The Morgan fingerprint density at radius 1 is 1.09 bits per heavy atom. The van der Waals surface area contributed by atoms with Gasteiger partial charge >= 0.3 is 0 Å². The summed E-state index contributed by atoms with van der Waals surface area (Å²) >= 11 is 0. The van der Waals surface area contributed by atoms with Crippen molar-refractivity contribution in [3.63, 3.8) is 0 Å². The molecule has 0 aliphatic carbocycles. The molecule has 0 unspecified atom stereocenters. The first-order valence-electron chi connectivity index (χ1n) is 7.65. The van der Waals surface area contributed by atoms with Crippen molar-refractivity contribution in [2.45, 2.75) is 13.8 Å². The zero-order chi connectivity index (χ0) is 16.4. The smallest absolute Gasteiger partial charge is 0.256 e. The third kappa shape index (κ3) is 3.31. The van der Waals surface area contributed by atoms with E-state index in [4.69, 9.17) is 0 Å². The van der Waals surface area contributed by atoms with Crippen LogP contribution in [0.5, 0.6) is 0 Å². The van der Waals surface area contributed by atoms with E-state index >= 15 is 0 Å². The van der Waals surface area contributed by atoms with Gasteiger partial charge in [0.25, 0.3) is 5.91 Å². The monoisotopic (exact) mass is 314 g/mol. The number of amides is 1. The number of hydrogen-bond acceptors (Lipinski definition) is 4. The quantitative estimate of drug-likeness (QED) is 0.852. The lowest BCUT2D eigenvalue weighted by molar-refractivity contribution is 0.0742. The molecule has 0 bridgehead atoms. The Balaban J connectivity index is 1.69. The van der Waals surface area contributed by atoms with Gasteiger partial charge in [0.2, 0.25) is 0 Å². The molecule has 2 aromatic rings. The molecule has 6 heteroatoms. The Kier molecular flexibility index (Phi) is 4.23. The molecule has 1 aliphatic rings. The van der Waals surface area contributed by atoms with Crippen LogP contribution < -0.4 is 4.90 Å². The summed E-state index contributed by atoms with van der Waals surface area (Å²) in [5.41, 5.74) is 1.06. The van der Waals surface area contributed by atoms with E-state index in [2.05, 4.69) is 14.9 Å². The molecule has 3 rings (SSSR count). The van der Waals surface area contributed by atoms with E-state index in [0.717, 1.165) is 17.3 Å². The molecule has 0 spiro atoms.